The summed E-state index contributed by atoms with van der Waals surface area (Å²) in [6.45, 7) is 4.32. The van der Waals surface area contributed by atoms with Crippen LogP contribution in [-0.2, 0) is 0 Å². The summed E-state index contributed by atoms with van der Waals surface area (Å²) in [5, 5.41) is 5.49. The predicted molar refractivity (Wildman–Crippen MR) is 91.0 cm³/mol. The van der Waals surface area contributed by atoms with E-state index in [2.05, 4.69) is 49.5 Å². The lowest BCUT2D eigenvalue weighted by Crippen LogP contribution is -2.22. The molecule has 0 aliphatic rings. The zero-order chi connectivity index (χ0) is 14.8. The van der Waals surface area contributed by atoms with Crippen molar-refractivity contribution in [1.29, 1.82) is 0 Å². The first kappa shape index (κ1) is 14.5. The molecular weight excluding hydrogens is 300 g/mol. The Bertz CT molecular complexity index is 703. The molecule has 1 N–H and O–H groups in total. The lowest BCUT2D eigenvalue weighted by molar-refractivity contribution is 0.493. The maximum atomic E-state index is 5.93. The molecule has 0 spiro atoms. The van der Waals surface area contributed by atoms with Crippen LogP contribution in [-0.4, -0.2) is 4.98 Å². The van der Waals surface area contributed by atoms with Gasteiger partial charge in [-0.1, -0.05) is 35.9 Å². The average molecular weight is 317 g/mol. The Hall–Kier alpha value is -1.42. The van der Waals surface area contributed by atoms with Crippen molar-refractivity contribution in [3.8, 4) is 0 Å². The molecule has 2 aromatic carbocycles. The first-order chi connectivity index (χ1) is 10.1. The highest BCUT2D eigenvalue weighted by Gasteiger charge is 2.14. The van der Waals surface area contributed by atoms with E-state index in [9.17, 15) is 0 Å². The normalized spacial score (nSPS) is 14.2. The zero-order valence-electron chi connectivity index (χ0n) is 12.0. The van der Waals surface area contributed by atoms with E-state index in [4.69, 9.17) is 16.6 Å². The van der Waals surface area contributed by atoms with Crippen LogP contribution in [0.4, 0.5) is 0 Å². The maximum absolute atomic E-state index is 5.93. The number of rotatable bonds is 4. The van der Waals surface area contributed by atoms with Gasteiger partial charge in [0.15, 0.2) is 0 Å². The largest absolute Gasteiger partial charge is 0.302 e. The smallest absolute Gasteiger partial charge is 0.111 e. The molecule has 4 heteroatoms. The number of para-hydroxylation sites is 1. The van der Waals surface area contributed by atoms with Crippen LogP contribution in [0.2, 0.25) is 5.02 Å². The third-order valence-electron chi connectivity index (χ3n) is 3.55. The summed E-state index contributed by atoms with van der Waals surface area (Å²) in [5.41, 5.74) is 2.30. The topological polar surface area (TPSA) is 24.9 Å². The summed E-state index contributed by atoms with van der Waals surface area (Å²) in [4.78, 5) is 4.71. The highest BCUT2D eigenvalue weighted by molar-refractivity contribution is 7.18. The van der Waals surface area contributed by atoms with Crippen LogP contribution in [0.1, 0.15) is 36.5 Å². The van der Waals surface area contributed by atoms with Crippen molar-refractivity contribution in [1.82, 2.24) is 10.3 Å². The fraction of sp³-hybridized carbons (Fsp3) is 0.235. The Labute approximate surface area is 133 Å². The lowest BCUT2D eigenvalue weighted by atomic mass is 10.1. The average Bonchev–Trinajstić information content (AvgIpc) is 2.92. The van der Waals surface area contributed by atoms with Crippen molar-refractivity contribution >= 4 is 33.2 Å². The minimum Gasteiger partial charge on any atom is -0.302 e. The Morgan fingerprint density at radius 3 is 2.43 bits per heavy atom. The van der Waals surface area contributed by atoms with Gasteiger partial charge in [0, 0.05) is 11.1 Å². The van der Waals surface area contributed by atoms with Crippen LogP contribution in [0, 0.1) is 0 Å². The molecule has 0 bridgehead atoms. The first-order valence-electron chi connectivity index (χ1n) is 7.00. The third-order valence-corrected chi connectivity index (χ3v) is 5.02. The number of nitrogens with zero attached hydrogens (tertiary/aromatic N) is 1. The van der Waals surface area contributed by atoms with Crippen LogP contribution in [0.3, 0.4) is 0 Å². The summed E-state index contributed by atoms with van der Waals surface area (Å²) < 4.78 is 1.24. The second kappa shape index (κ2) is 6.14. The molecule has 0 saturated heterocycles. The Balaban J connectivity index is 1.75. The third kappa shape index (κ3) is 3.26. The van der Waals surface area contributed by atoms with E-state index >= 15 is 0 Å². The van der Waals surface area contributed by atoms with Gasteiger partial charge in [-0.2, -0.15) is 0 Å². The summed E-state index contributed by atoms with van der Waals surface area (Å²) in [6, 6.07) is 16.7. The van der Waals surface area contributed by atoms with E-state index in [1.54, 1.807) is 11.3 Å². The first-order valence-corrected chi connectivity index (χ1v) is 8.20. The number of benzene rings is 2. The van der Waals surface area contributed by atoms with Crippen molar-refractivity contribution < 1.29 is 0 Å². The molecule has 1 unspecified atom stereocenters. The summed E-state index contributed by atoms with van der Waals surface area (Å²) in [5.74, 6) is 0. The van der Waals surface area contributed by atoms with Crippen molar-refractivity contribution in [2.24, 2.45) is 0 Å². The van der Waals surface area contributed by atoms with Crippen LogP contribution >= 0.6 is 22.9 Å². The number of hydrogen-bond donors (Lipinski definition) is 1. The fourth-order valence-corrected chi connectivity index (χ4v) is 3.47. The number of halogens is 1. The number of nitrogens with one attached hydrogen (secondary N) is 1. The van der Waals surface area contributed by atoms with Gasteiger partial charge < -0.3 is 5.32 Å². The van der Waals surface area contributed by atoms with Crippen LogP contribution in [0.25, 0.3) is 10.2 Å². The SMILES string of the molecule is CC(N[C@H](C)c1ccc(Cl)cc1)c1nc2ccccc2s1. The maximum Gasteiger partial charge on any atom is 0.111 e. The van der Waals surface area contributed by atoms with E-state index in [1.165, 1.54) is 10.3 Å². The van der Waals surface area contributed by atoms with E-state index < -0.39 is 0 Å². The van der Waals surface area contributed by atoms with Crippen LogP contribution in [0.5, 0.6) is 0 Å². The molecule has 0 aliphatic heterocycles. The second-order valence-electron chi connectivity index (χ2n) is 5.18. The molecule has 108 valence electrons. The molecule has 0 saturated carbocycles. The molecule has 21 heavy (non-hydrogen) atoms. The molecule has 1 aromatic heterocycles. The van der Waals surface area contributed by atoms with E-state index in [0.29, 0.717) is 0 Å². The lowest BCUT2D eigenvalue weighted by Gasteiger charge is -2.18. The van der Waals surface area contributed by atoms with Gasteiger partial charge in [0.1, 0.15) is 5.01 Å². The molecule has 1 heterocycles. The van der Waals surface area contributed by atoms with Gasteiger partial charge in [0.2, 0.25) is 0 Å². The summed E-state index contributed by atoms with van der Waals surface area (Å²) >= 11 is 7.68. The highest BCUT2D eigenvalue weighted by Crippen LogP contribution is 2.28. The molecule has 2 nitrogen and oxygen atoms in total. The van der Waals surface area contributed by atoms with Gasteiger partial charge in [0.05, 0.1) is 16.3 Å². The standard InChI is InChI=1S/C17H17ClN2S/c1-11(13-7-9-14(18)10-8-13)19-12(2)17-20-15-5-3-4-6-16(15)21-17/h3-12,19H,1-2H3/t11-,12?/m1/s1. The highest BCUT2D eigenvalue weighted by atomic mass is 35.5. The summed E-state index contributed by atoms with van der Waals surface area (Å²) in [7, 11) is 0. The molecule has 3 rings (SSSR count). The molecule has 3 aromatic rings. The molecular formula is C17H17ClN2S. The minimum atomic E-state index is 0.216. The Kier molecular flexibility index (Phi) is 4.24. The molecule has 0 amide bonds. The van der Waals surface area contributed by atoms with Crippen molar-refractivity contribution in [3.05, 3.63) is 64.1 Å². The molecule has 0 radical (unpaired) electrons. The molecule has 0 fully saturated rings. The zero-order valence-corrected chi connectivity index (χ0v) is 13.6. The van der Waals surface area contributed by atoms with E-state index in [1.807, 2.05) is 18.2 Å². The van der Waals surface area contributed by atoms with Gasteiger partial charge >= 0.3 is 0 Å². The van der Waals surface area contributed by atoms with Gasteiger partial charge in [-0.05, 0) is 43.7 Å². The van der Waals surface area contributed by atoms with Crippen LogP contribution < -0.4 is 5.32 Å². The number of hydrogen-bond acceptors (Lipinski definition) is 3. The monoisotopic (exact) mass is 316 g/mol. The van der Waals surface area contributed by atoms with Crippen molar-refractivity contribution in [2.75, 3.05) is 0 Å². The number of fused-ring (bicyclic) bond motifs is 1. The second-order valence-corrected chi connectivity index (χ2v) is 6.68. The molecule has 0 aliphatic carbocycles. The fourth-order valence-electron chi connectivity index (χ4n) is 2.37. The van der Waals surface area contributed by atoms with Gasteiger partial charge in [-0.3, -0.25) is 0 Å². The van der Waals surface area contributed by atoms with Gasteiger partial charge in [0.25, 0.3) is 0 Å². The van der Waals surface area contributed by atoms with Crippen LogP contribution in [0.15, 0.2) is 48.5 Å². The number of thiazole rings is 1. The van der Waals surface area contributed by atoms with E-state index in [0.717, 1.165) is 15.5 Å². The number of aromatic nitrogens is 1. The summed E-state index contributed by atoms with van der Waals surface area (Å²) in [6.07, 6.45) is 0. The predicted octanol–water partition coefficient (Wildman–Crippen LogP) is 5.36. The minimum absolute atomic E-state index is 0.216. The quantitative estimate of drug-likeness (QED) is 0.700. The van der Waals surface area contributed by atoms with Crippen molar-refractivity contribution in [2.45, 2.75) is 25.9 Å². The van der Waals surface area contributed by atoms with Crippen molar-refractivity contribution in [3.63, 3.8) is 0 Å². The Morgan fingerprint density at radius 2 is 1.71 bits per heavy atom. The molecule has 2 atom stereocenters. The Morgan fingerprint density at radius 1 is 1.00 bits per heavy atom. The van der Waals surface area contributed by atoms with E-state index in [-0.39, 0.29) is 12.1 Å². The van der Waals surface area contributed by atoms with Gasteiger partial charge in [-0.25, -0.2) is 4.98 Å². The van der Waals surface area contributed by atoms with Gasteiger partial charge in [-0.15, -0.1) is 11.3 Å².